The van der Waals surface area contributed by atoms with Crippen LogP contribution in [0.5, 0.6) is 5.75 Å². The fraction of sp³-hybridized carbons (Fsp3) is 0.192. The van der Waals surface area contributed by atoms with Gasteiger partial charge in [0.2, 0.25) is 0 Å². The summed E-state index contributed by atoms with van der Waals surface area (Å²) in [5.41, 5.74) is 3.45. The number of amides is 2. The van der Waals surface area contributed by atoms with Crippen LogP contribution in [0.4, 0.5) is 5.69 Å². The maximum Gasteiger partial charge on any atom is 0.278 e. The Morgan fingerprint density at radius 2 is 1.82 bits per heavy atom. The molecule has 1 N–H and O–H groups in total. The first-order valence-corrected chi connectivity index (χ1v) is 11.0. The van der Waals surface area contributed by atoms with Gasteiger partial charge in [0.25, 0.3) is 11.8 Å². The summed E-state index contributed by atoms with van der Waals surface area (Å²) in [4.78, 5) is 32.1. The van der Waals surface area contributed by atoms with Crippen molar-refractivity contribution < 1.29 is 14.3 Å². The van der Waals surface area contributed by atoms with E-state index in [2.05, 4.69) is 10.3 Å². The van der Waals surface area contributed by atoms with Crippen LogP contribution >= 0.6 is 11.6 Å². The Morgan fingerprint density at radius 1 is 1.06 bits per heavy atom. The van der Waals surface area contributed by atoms with Gasteiger partial charge in [0.15, 0.2) is 0 Å². The summed E-state index contributed by atoms with van der Waals surface area (Å²) in [6.07, 6.45) is 3.32. The molecule has 168 valence electrons. The molecule has 0 saturated heterocycles. The first-order valence-electron chi connectivity index (χ1n) is 10.6. The Bertz CT molecular complexity index is 1220. The zero-order valence-electron chi connectivity index (χ0n) is 18.6. The summed E-state index contributed by atoms with van der Waals surface area (Å²) < 4.78 is 5.71. The number of ether oxygens (including phenoxy) is 1. The second-order valence-corrected chi connectivity index (χ2v) is 8.49. The van der Waals surface area contributed by atoms with Crippen LogP contribution in [0.3, 0.4) is 0 Å². The number of aryl methyl sites for hydroxylation is 1. The van der Waals surface area contributed by atoms with Crippen molar-refractivity contribution in [3.8, 4) is 5.75 Å². The number of rotatable bonds is 7. The maximum atomic E-state index is 13.4. The molecule has 3 aromatic rings. The van der Waals surface area contributed by atoms with Crippen molar-refractivity contribution in [1.29, 1.82) is 0 Å². The van der Waals surface area contributed by atoms with E-state index >= 15 is 0 Å². The Balaban J connectivity index is 1.72. The van der Waals surface area contributed by atoms with Crippen LogP contribution in [0.15, 0.2) is 72.7 Å². The number of halogens is 1. The molecule has 2 heterocycles. The molecular formula is C26H24ClN3O3. The van der Waals surface area contributed by atoms with E-state index in [4.69, 9.17) is 16.3 Å². The van der Waals surface area contributed by atoms with Gasteiger partial charge in [-0.3, -0.25) is 19.5 Å². The van der Waals surface area contributed by atoms with Crippen LogP contribution in [0.25, 0.3) is 5.57 Å². The highest BCUT2D eigenvalue weighted by Gasteiger charge is 2.39. The average Bonchev–Trinajstić information content (AvgIpc) is 3.01. The Morgan fingerprint density at radius 3 is 2.45 bits per heavy atom. The summed E-state index contributed by atoms with van der Waals surface area (Å²) in [6.45, 7) is 5.92. The average molecular weight is 462 g/mol. The van der Waals surface area contributed by atoms with E-state index in [0.29, 0.717) is 27.6 Å². The summed E-state index contributed by atoms with van der Waals surface area (Å²) in [5.74, 6) is -0.0849. The molecule has 0 fully saturated rings. The summed E-state index contributed by atoms with van der Waals surface area (Å²) >= 11 is 6.27. The first kappa shape index (κ1) is 22.6. The predicted molar refractivity (Wildman–Crippen MR) is 129 cm³/mol. The highest BCUT2D eigenvalue weighted by molar-refractivity contribution is 6.36. The van der Waals surface area contributed by atoms with Gasteiger partial charge in [-0.2, -0.15) is 0 Å². The number of benzene rings is 2. The number of carbonyl (C=O) groups is 2. The minimum absolute atomic E-state index is 0.0308. The second kappa shape index (κ2) is 9.46. The number of nitrogens with one attached hydrogen (secondary N) is 1. The van der Waals surface area contributed by atoms with E-state index in [1.54, 1.807) is 48.8 Å². The van der Waals surface area contributed by atoms with Crippen LogP contribution in [-0.4, -0.2) is 27.8 Å². The quantitative estimate of drug-likeness (QED) is 0.488. The summed E-state index contributed by atoms with van der Waals surface area (Å²) in [6, 6.07) is 16.2. The van der Waals surface area contributed by atoms with Gasteiger partial charge in [0.1, 0.15) is 11.4 Å². The van der Waals surface area contributed by atoms with Gasteiger partial charge in [-0.15, -0.1) is 0 Å². The number of hydrogen-bond acceptors (Lipinski definition) is 5. The molecular weight excluding hydrogens is 438 g/mol. The highest BCUT2D eigenvalue weighted by Crippen LogP contribution is 2.33. The Hall–Kier alpha value is -3.64. The fourth-order valence-electron chi connectivity index (χ4n) is 3.56. The van der Waals surface area contributed by atoms with Crippen LogP contribution in [0.2, 0.25) is 5.02 Å². The van der Waals surface area contributed by atoms with Crippen molar-refractivity contribution in [3.63, 3.8) is 0 Å². The zero-order chi connectivity index (χ0) is 23.5. The topological polar surface area (TPSA) is 71.5 Å². The van der Waals surface area contributed by atoms with Gasteiger partial charge < -0.3 is 10.1 Å². The van der Waals surface area contributed by atoms with E-state index in [-0.39, 0.29) is 24.3 Å². The van der Waals surface area contributed by atoms with Crippen molar-refractivity contribution in [2.75, 3.05) is 5.32 Å². The molecule has 0 aliphatic carbocycles. The molecule has 0 bridgehead atoms. The lowest BCUT2D eigenvalue weighted by atomic mass is 10.0. The molecule has 0 spiro atoms. The van der Waals surface area contributed by atoms with E-state index in [1.807, 2.05) is 39.0 Å². The number of anilines is 1. The second-order valence-electron chi connectivity index (χ2n) is 8.09. The van der Waals surface area contributed by atoms with Crippen molar-refractivity contribution >= 4 is 34.7 Å². The molecule has 0 radical (unpaired) electrons. The number of nitrogens with zero attached hydrogens (tertiary/aromatic N) is 2. The number of imide groups is 1. The minimum Gasteiger partial charge on any atom is -0.491 e. The lowest BCUT2D eigenvalue weighted by Crippen LogP contribution is -2.32. The van der Waals surface area contributed by atoms with Crippen LogP contribution in [0, 0.1) is 6.92 Å². The lowest BCUT2D eigenvalue weighted by molar-refractivity contribution is -0.137. The molecule has 33 heavy (non-hydrogen) atoms. The predicted octanol–water partition coefficient (Wildman–Crippen LogP) is 5.22. The molecule has 1 aliphatic rings. The molecule has 7 heteroatoms. The van der Waals surface area contributed by atoms with Gasteiger partial charge >= 0.3 is 0 Å². The van der Waals surface area contributed by atoms with Gasteiger partial charge in [0, 0.05) is 23.1 Å². The SMILES string of the molecule is Cc1ccc(NC2=C(c3ccc(OC(C)C)cc3)C(=O)N(Cc3cccnc3)C2=O)cc1Cl. The maximum absolute atomic E-state index is 13.4. The lowest BCUT2D eigenvalue weighted by Gasteiger charge is -2.15. The smallest absolute Gasteiger partial charge is 0.278 e. The summed E-state index contributed by atoms with van der Waals surface area (Å²) in [7, 11) is 0. The van der Waals surface area contributed by atoms with Crippen LogP contribution < -0.4 is 10.1 Å². The van der Waals surface area contributed by atoms with Crippen LogP contribution in [-0.2, 0) is 16.1 Å². The molecule has 4 rings (SSSR count). The number of hydrogen-bond donors (Lipinski definition) is 1. The highest BCUT2D eigenvalue weighted by atomic mass is 35.5. The minimum atomic E-state index is -0.405. The van der Waals surface area contributed by atoms with Gasteiger partial charge in [-0.1, -0.05) is 35.9 Å². The van der Waals surface area contributed by atoms with E-state index in [9.17, 15) is 9.59 Å². The molecule has 2 aromatic carbocycles. The molecule has 2 amide bonds. The van der Waals surface area contributed by atoms with Crippen LogP contribution in [0.1, 0.15) is 30.5 Å². The molecule has 0 saturated carbocycles. The fourth-order valence-corrected chi connectivity index (χ4v) is 3.75. The Kier molecular flexibility index (Phi) is 6.47. The number of aromatic nitrogens is 1. The van der Waals surface area contributed by atoms with Gasteiger partial charge in [-0.25, -0.2) is 0 Å². The molecule has 6 nitrogen and oxygen atoms in total. The van der Waals surface area contributed by atoms with Crippen molar-refractivity contribution in [2.24, 2.45) is 0 Å². The van der Waals surface area contributed by atoms with Crippen molar-refractivity contribution in [2.45, 2.75) is 33.4 Å². The number of carbonyl (C=O) groups excluding carboxylic acids is 2. The third-order valence-corrected chi connectivity index (χ3v) is 5.59. The normalized spacial score (nSPS) is 13.8. The van der Waals surface area contributed by atoms with E-state index in [0.717, 1.165) is 11.1 Å². The summed E-state index contributed by atoms with van der Waals surface area (Å²) in [5, 5.41) is 3.71. The van der Waals surface area contributed by atoms with Crippen molar-refractivity contribution in [1.82, 2.24) is 9.88 Å². The molecule has 1 aromatic heterocycles. The first-order chi connectivity index (χ1) is 15.8. The molecule has 0 unspecified atom stereocenters. The Labute approximate surface area is 197 Å². The van der Waals surface area contributed by atoms with Gasteiger partial charge in [-0.05, 0) is 67.8 Å². The zero-order valence-corrected chi connectivity index (χ0v) is 19.4. The largest absolute Gasteiger partial charge is 0.491 e. The molecule has 0 atom stereocenters. The standard InChI is InChI=1S/C26H24ClN3O3/c1-16(2)33-21-10-7-19(8-11-21)23-24(29-20-9-6-17(3)22(27)13-20)26(32)30(25(23)31)15-18-5-4-12-28-14-18/h4-14,16,29H,15H2,1-3H3. The third kappa shape index (κ3) is 4.91. The van der Waals surface area contributed by atoms with Crippen molar-refractivity contribution in [3.05, 3.63) is 94.4 Å². The third-order valence-electron chi connectivity index (χ3n) is 5.19. The van der Waals surface area contributed by atoms with E-state index in [1.165, 1.54) is 4.90 Å². The monoisotopic (exact) mass is 461 g/mol. The molecule has 1 aliphatic heterocycles. The van der Waals surface area contributed by atoms with Gasteiger partial charge in [0.05, 0.1) is 18.2 Å². The van der Waals surface area contributed by atoms with E-state index < -0.39 is 5.91 Å². The number of pyridine rings is 1.